The lowest BCUT2D eigenvalue weighted by Crippen LogP contribution is -2.55. The number of piperidine rings is 1. The van der Waals surface area contributed by atoms with Crippen LogP contribution in [0, 0.1) is 0 Å². The number of nitrogens with one attached hydrogen (secondary N) is 1. The third-order valence-corrected chi connectivity index (χ3v) is 5.55. The maximum absolute atomic E-state index is 12.9. The van der Waals surface area contributed by atoms with E-state index in [2.05, 4.69) is 15.6 Å². The summed E-state index contributed by atoms with van der Waals surface area (Å²) in [6, 6.07) is 7.06. The summed E-state index contributed by atoms with van der Waals surface area (Å²) in [6.07, 6.45) is 4.58. The molecule has 160 valence electrons. The molecule has 1 saturated heterocycles. The Morgan fingerprint density at radius 2 is 1.93 bits per heavy atom. The van der Waals surface area contributed by atoms with Gasteiger partial charge in [-0.25, -0.2) is 0 Å². The summed E-state index contributed by atoms with van der Waals surface area (Å²) in [5.41, 5.74) is 0.181. The maximum Gasteiger partial charge on any atom is 0.253 e. The number of aryl methyl sites for hydroxylation is 2. The number of fused-ring (bicyclic) bond motifs is 9. The lowest BCUT2D eigenvalue weighted by atomic mass is 9.92. The highest BCUT2D eigenvalue weighted by Crippen LogP contribution is 2.23. The number of amides is 2. The van der Waals surface area contributed by atoms with Crippen LogP contribution in [-0.2, 0) is 17.8 Å². The molecule has 0 radical (unpaired) electrons. The summed E-state index contributed by atoms with van der Waals surface area (Å²) in [4.78, 5) is 26.8. The number of nitrogens with zero attached hydrogens (tertiary/aromatic N) is 4. The highest BCUT2D eigenvalue weighted by molar-refractivity contribution is 5.94. The first kappa shape index (κ1) is 20.3. The van der Waals surface area contributed by atoms with Crippen molar-refractivity contribution in [2.45, 2.75) is 44.2 Å². The van der Waals surface area contributed by atoms with Crippen LogP contribution in [-0.4, -0.2) is 68.7 Å². The number of aromatic nitrogens is 3. The Labute approximate surface area is 175 Å². The van der Waals surface area contributed by atoms with Crippen molar-refractivity contribution < 1.29 is 19.4 Å². The van der Waals surface area contributed by atoms with Crippen molar-refractivity contribution in [3.05, 3.63) is 41.7 Å². The molecule has 2 aromatic rings. The van der Waals surface area contributed by atoms with Crippen molar-refractivity contribution >= 4 is 11.8 Å². The fourth-order valence-corrected chi connectivity index (χ4v) is 3.88. The zero-order chi connectivity index (χ0) is 21.0. The first-order chi connectivity index (χ1) is 14.5. The molecule has 1 aromatic carbocycles. The van der Waals surface area contributed by atoms with Gasteiger partial charge in [-0.1, -0.05) is 5.21 Å². The third-order valence-electron chi connectivity index (χ3n) is 5.55. The van der Waals surface area contributed by atoms with E-state index >= 15 is 0 Å². The van der Waals surface area contributed by atoms with Gasteiger partial charge in [0.15, 0.2) is 0 Å². The average Bonchev–Trinajstić information content (AvgIpc) is 3.21. The Balaban J connectivity index is 1.50. The van der Waals surface area contributed by atoms with E-state index in [0.717, 1.165) is 12.1 Å². The Hall–Kier alpha value is -2.94. The number of hydrogen-bond acceptors (Lipinski definition) is 6. The van der Waals surface area contributed by atoms with Gasteiger partial charge in [0, 0.05) is 50.7 Å². The van der Waals surface area contributed by atoms with Gasteiger partial charge in [0.05, 0.1) is 24.4 Å². The van der Waals surface area contributed by atoms with Crippen LogP contribution in [0.4, 0.5) is 0 Å². The summed E-state index contributed by atoms with van der Waals surface area (Å²) in [5.74, 6) is 0.429. The lowest BCUT2D eigenvalue weighted by Gasteiger charge is -2.39. The lowest BCUT2D eigenvalue weighted by molar-refractivity contribution is -0.122. The van der Waals surface area contributed by atoms with Crippen LogP contribution in [0.3, 0.4) is 0 Å². The monoisotopic (exact) mass is 413 g/mol. The summed E-state index contributed by atoms with van der Waals surface area (Å²) in [5, 5.41) is 22.0. The first-order valence-corrected chi connectivity index (χ1v) is 10.4. The zero-order valence-corrected chi connectivity index (χ0v) is 16.9. The molecule has 0 spiro atoms. The quantitative estimate of drug-likeness (QED) is 0.661. The Morgan fingerprint density at radius 3 is 2.77 bits per heavy atom. The molecule has 1 atom stereocenters. The molecule has 30 heavy (non-hydrogen) atoms. The SMILES string of the molecule is O=C1CCc2cn(nn2)CCCOc2ccc(cc2)C(=O)N2CCCC(O)(CN1)C2. The van der Waals surface area contributed by atoms with E-state index < -0.39 is 5.60 Å². The number of ether oxygens (including phenoxy) is 1. The fraction of sp³-hybridized carbons (Fsp3) is 0.524. The largest absolute Gasteiger partial charge is 0.494 e. The predicted octanol–water partition coefficient (Wildman–Crippen LogP) is 0.777. The molecule has 6 bridgehead atoms. The van der Waals surface area contributed by atoms with E-state index in [1.54, 1.807) is 33.8 Å². The number of aliphatic hydroxyl groups is 1. The van der Waals surface area contributed by atoms with Crippen LogP contribution < -0.4 is 10.1 Å². The Bertz CT molecular complexity index is 897. The second-order valence-electron chi connectivity index (χ2n) is 8.03. The first-order valence-electron chi connectivity index (χ1n) is 10.4. The van der Waals surface area contributed by atoms with Crippen molar-refractivity contribution in [2.75, 3.05) is 26.2 Å². The third kappa shape index (κ3) is 4.96. The summed E-state index contributed by atoms with van der Waals surface area (Å²) in [7, 11) is 0. The average molecular weight is 413 g/mol. The van der Waals surface area contributed by atoms with Crippen molar-refractivity contribution in [3.8, 4) is 5.75 Å². The topological polar surface area (TPSA) is 110 Å². The summed E-state index contributed by atoms with van der Waals surface area (Å²) >= 11 is 0. The van der Waals surface area contributed by atoms with E-state index in [-0.39, 0.29) is 31.3 Å². The standard InChI is InChI=1S/C21H27N5O4/c27-19-8-5-17-13-26(24-23-17)11-2-12-30-18-6-3-16(4-7-18)20(28)25-10-1-9-21(29,15-25)14-22-19/h3-4,6-7,13,29H,1-2,5,8-12,14-15H2,(H,22,27). The van der Waals surface area contributed by atoms with E-state index in [1.807, 2.05) is 6.20 Å². The number of carbonyl (C=O) groups excluding carboxylic acids is 2. The molecule has 3 aliphatic heterocycles. The second-order valence-corrected chi connectivity index (χ2v) is 8.03. The van der Waals surface area contributed by atoms with Gasteiger partial charge >= 0.3 is 0 Å². The summed E-state index contributed by atoms with van der Waals surface area (Å²) < 4.78 is 7.50. The molecule has 5 rings (SSSR count). The van der Waals surface area contributed by atoms with Gasteiger partial charge in [0.2, 0.25) is 5.91 Å². The van der Waals surface area contributed by atoms with Crippen molar-refractivity contribution in [1.29, 1.82) is 0 Å². The molecule has 4 heterocycles. The number of carbonyl (C=O) groups is 2. The number of benzene rings is 1. The molecule has 0 aliphatic carbocycles. The molecule has 2 amide bonds. The van der Waals surface area contributed by atoms with Crippen molar-refractivity contribution in [3.63, 3.8) is 0 Å². The van der Waals surface area contributed by atoms with Gasteiger partial charge < -0.3 is 20.1 Å². The number of rotatable bonds is 0. The van der Waals surface area contributed by atoms with Crippen LogP contribution in [0.2, 0.25) is 0 Å². The minimum absolute atomic E-state index is 0.120. The van der Waals surface area contributed by atoms with Crippen molar-refractivity contribution in [1.82, 2.24) is 25.2 Å². The van der Waals surface area contributed by atoms with Crippen LogP contribution in [0.5, 0.6) is 5.75 Å². The Kier molecular flexibility index (Phi) is 5.98. The molecule has 1 aromatic heterocycles. The molecule has 9 heteroatoms. The molecule has 2 N–H and O–H groups in total. The molecular formula is C21H27N5O4. The van der Waals surface area contributed by atoms with Gasteiger partial charge in [-0.05, 0) is 37.1 Å². The van der Waals surface area contributed by atoms with Gasteiger partial charge in [0.25, 0.3) is 5.91 Å². The van der Waals surface area contributed by atoms with E-state index in [1.165, 1.54) is 0 Å². The van der Waals surface area contributed by atoms with E-state index in [4.69, 9.17) is 4.74 Å². The fourth-order valence-electron chi connectivity index (χ4n) is 3.88. The maximum atomic E-state index is 12.9. The predicted molar refractivity (Wildman–Crippen MR) is 108 cm³/mol. The molecule has 3 aliphatic rings. The van der Waals surface area contributed by atoms with Crippen LogP contribution in [0.15, 0.2) is 30.5 Å². The van der Waals surface area contributed by atoms with Gasteiger partial charge in [-0.15, -0.1) is 5.10 Å². The molecule has 9 nitrogen and oxygen atoms in total. The second kappa shape index (κ2) is 8.83. The minimum Gasteiger partial charge on any atom is -0.494 e. The van der Waals surface area contributed by atoms with Crippen LogP contribution in [0.25, 0.3) is 0 Å². The van der Waals surface area contributed by atoms with Gasteiger partial charge in [-0.3, -0.25) is 14.3 Å². The van der Waals surface area contributed by atoms with Crippen LogP contribution in [0.1, 0.15) is 41.7 Å². The highest BCUT2D eigenvalue weighted by Gasteiger charge is 2.35. The number of hydrogen-bond donors (Lipinski definition) is 2. The smallest absolute Gasteiger partial charge is 0.253 e. The molecular weight excluding hydrogens is 386 g/mol. The van der Waals surface area contributed by atoms with Gasteiger partial charge in [0.1, 0.15) is 5.75 Å². The van der Waals surface area contributed by atoms with Crippen LogP contribution >= 0.6 is 0 Å². The summed E-state index contributed by atoms with van der Waals surface area (Å²) in [6.45, 7) is 2.08. The highest BCUT2D eigenvalue weighted by atomic mass is 16.5. The van der Waals surface area contributed by atoms with E-state index in [0.29, 0.717) is 50.3 Å². The van der Waals surface area contributed by atoms with Crippen molar-refractivity contribution in [2.24, 2.45) is 0 Å². The Morgan fingerprint density at radius 1 is 1.10 bits per heavy atom. The van der Waals surface area contributed by atoms with Gasteiger partial charge in [-0.2, -0.15) is 0 Å². The zero-order valence-electron chi connectivity index (χ0n) is 16.9. The van der Waals surface area contributed by atoms with E-state index in [9.17, 15) is 14.7 Å². The molecule has 1 unspecified atom stereocenters. The molecule has 0 saturated carbocycles. The molecule has 1 fully saturated rings. The minimum atomic E-state index is -1.13. The normalized spacial score (nSPS) is 23.6.